The number of piperidine rings is 1. The van der Waals surface area contributed by atoms with Crippen molar-refractivity contribution in [2.24, 2.45) is 11.8 Å². The number of carbonyl (C=O) groups is 1. The molecule has 0 radical (unpaired) electrons. The van der Waals surface area contributed by atoms with Gasteiger partial charge in [-0.3, -0.25) is 14.7 Å². The minimum Gasteiger partial charge on any atom is -0.341 e. The Hall–Kier alpha value is -2.03. The lowest BCUT2D eigenvalue weighted by molar-refractivity contribution is -0.139. The fourth-order valence-corrected chi connectivity index (χ4v) is 6.77. The van der Waals surface area contributed by atoms with E-state index in [4.69, 9.17) is 0 Å². The molecule has 0 N–H and O–H groups in total. The zero-order valence-corrected chi connectivity index (χ0v) is 20.3. The Morgan fingerprint density at radius 3 is 2.41 bits per heavy atom. The number of nitrogens with zero attached hydrogens (tertiary/aromatic N) is 4. The van der Waals surface area contributed by atoms with Crippen molar-refractivity contribution in [3.8, 4) is 0 Å². The maximum absolute atomic E-state index is 13.4. The maximum Gasteiger partial charge on any atom is 0.245 e. The number of benzene rings is 1. The Kier molecular flexibility index (Phi) is 6.56. The van der Waals surface area contributed by atoms with Crippen molar-refractivity contribution in [3.05, 3.63) is 36.0 Å². The topological polar surface area (TPSA) is 73.8 Å². The zero-order valence-electron chi connectivity index (χ0n) is 19.5. The maximum atomic E-state index is 13.4. The SMILES string of the molecule is Cc1cnc2c(S(=O)(=O)N3CCN([C@H](C)C(=O)N4C[C@@H](C)C[C@H](C)C4)CC3)cccc2c1. The lowest BCUT2D eigenvalue weighted by Gasteiger charge is -2.41. The van der Waals surface area contributed by atoms with Gasteiger partial charge in [0, 0.05) is 50.9 Å². The Labute approximate surface area is 191 Å². The van der Waals surface area contributed by atoms with Crippen LogP contribution in [0.15, 0.2) is 35.4 Å². The number of hydrogen-bond donors (Lipinski definition) is 0. The third-order valence-corrected chi connectivity index (χ3v) is 8.72. The van der Waals surface area contributed by atoms with Crippen LogP contribution in [0.2, 0.25) is 0 Å². The number of likely N-dealkylation sites (tertiary alicyclic amines) is 1. The molecule has 1 amide bonds. The Morgan fingerprint density at radius 2 is 1.75 bits per heavy atom. The molecule has 2 aromatic rings. The van der Waals surface area contributed by atoms with Crippen LogP contribution in [0.4, 0.5) is 0 Å². The van der Waals surface area contributed by atoms with Crippen LogP contribution in [-0.2, 0) is 14.8 Å². The number of fused-ring (bicyclic) bond motifs is 1. The van der Waals surface area contributed by atoms with Crippen LogP contribution < -0.4 is 0 Å². The summed E-state index contributed by atoms with van der Waals surface area (Å²) >= 11 is 0. The highest BCUT2D eigenvalue weighted by Gasteiger charge is 2.35. The second-order valence-corrected chi connectivity index (χ2v) is 11.6. The largest absolute Gasteiger partial charge is 0.341 e. The molecule has 0 unspecified atom stereocenters. The van der Waals surface area contributed by atoms with E-state index in [1.54, 1.807) is 18.3 Å². The predicted octanol–water partition coefficient (Wildman–Crippen LogP) is 2.74. The summed E-state index contributed by atoms with van der Waals surface area (Å²) in [6, 6.07) is 7.02. The fourth-order valence-electron chi connectivity index (χ4n) is 5.18. The Bertz CT molecular complexity index is 1090. The molecule has 0 aliphatic carbocycles. The molecule has 4 rings (SSSR count). The van der Waals surface area contributed by atoms with E-state index in [-0.39, 0.29) is 16.8 Å². The van der Waals surface area contributed by atoms with E-state index in [9.17, 15) is 13.2 Å². The second-order valence-electron chi connectivity index (χ2n) is 9.65. The molecule has 2 aliphatic heterocycles. The molecular weight excluding hydrogens is 424 g/mol. The van der Waals surface area contributed by atoms with E-state index in [2.05, 4.69) is 23.7 Å². The minimum absolute atomic E-state index is 0.160. The van der Waals surface area contributed by atoms with Crippen LogP contribution in [0.3, 0.4) is 0 Å². The summed E-state index contributed by atoms with van der Waals surface area (Å²) in [5.41, 5.74) is 1.51. The van der Waals surface area contributed by atoms with Gasteiger partial charge in [-0.05, 0) is 49.8 Å². The van der Waals surface area contributed by atoms with Gasteiger partial charge in [0.05, 0.1) is 11.6 Å². The van der Waals surface area contributed by atoms with Crippen LogP contribution in [0.25, 0.3) is 10.9 Å². The van der Waals surface area contributed by atoms with Crippen molar-refractivity contribution >= 4 is 26.8 Å². The van der Waals surface area contributed by atoms with Crippen molar-refractivity contribution in [3.63, 3.8) is 0 Å². The summed E-state index contributed by atoms with van der Waals surface area (Å²) in [5, 5.41) is 0.828. The van der Waals surface area contributed by atoms with Crippen LogP contribution in [0, 0.1) is 18.8 Å². The lowest BCUT2D eigenvalue weighted by atomic mass is 9.91. The lowest BCUT2D eigenvalue weighted by Crippen LogP contribution is -2.56. The molecule has 0 saturated carbocycles. The number of para-hydroxylation sites is 1. The van der Waals surface area contributed by atoms with Gasteiger partial charge in [-0.25, -0.2) is 8.42 Å². The number of amides is 1. The first-order chi connectivity index (χ1) is 15.2. The highest BCUT2D eigenvalue weighted by atomic mass is 32.2. The molecule has 174 valence electrons. The summed E-state index contributed by atoms with van der Waals surface area (Å²) in [6.07, 6.45) is 2.87. The van der Waals surface area contributed by atoms with E-state index in [0.717, 1.165) is 30.5 Å². The van der Waals surface area contributed by atoms with Gasteiger partial charge in [0.2, 0.25) is 15.9 Å². The third-order valence-electron chi connectivity index (χ3n) is 6.79. The standard InChI is InChI=1S/C24H34N4O3S/c1-17-13-21-6-5-7-22(23(21)25-14-17)32(30,31)28-10-8-26(9-11-28)20(4)24(29)27-15-18(2)12-19(3)16-27/h5-7,13-14,18-20H,8-12,15-16H2,1-4H3/t18-,19-,20+/m0/s1. The van der Waals surface area contributed by atoms with Gasteiger partial charge >= 0.3 is 0 Å². The van der Waals surface area contributed by atoms with Gasteiger partial charge in [-0.15, -0.1) is 0 Å². The van der Waals surface area contributed by atoms with Gasteiger partial charge < -0.3 is 4.90 Å². The number of aromatic nitrogens is 1. The van der Waals surface area contributed by atoms with E-state index in [1.807, 2.05) is 30.9 Å². The van der Waals surface area contributed by atoms with Gasteiger partial charge in [0.25, 0.3) is 0 Å². The molecule has 8 heteroatoms. The van der Waals surface area contributed by atoms with Gasteiger partial charge in [0.1, 0.15) is 4.90 Å². The van der Waals surface area contributed by atoms with Crippen molar-refractivity contribution in [1.82, 2.24) is 19.1 Å². The first-order valence-electron chi connectivity index (χ1n) is 11.5. The van der Waals surface area contributed by atoms with Crippen molar-refractivity contribution in [2.45, 2.75) is 45.1 Å². The molecule has 3 heterocycles. The van der Waals surface area contributed by atoms with Crippen LogP contribution in [-0.4, -0.2) is 78.7 Å². The predicted molar refractivity (Wildman–Crippen MR) is 126 cm³/mol. The van der Waals surface area contributed by atoms with Crippen LogP contribution in [0.1, 0.15) is 32.8 Å². The van der Waals surface area contributed by atoms with Gasteiger partial charge in [-0.1, -0.05) is 26.0 Å². The second kappa shape index (κ2) is 9.08. The van der Waals surface area contributed by atoms with Crippen LogP contribution in [0.5, 0.6) is 0 Å². The average Bonchev–Trinajstić information content (AvgIpc) is 2.76. The molecule has 2 saturated heterocycles. The number of rotatable bonds is 4. The molecule has 7 nitrogen and oxygen atoms in total. The number of carbonyl (C=O) groups excluding carboxylic acids is 1. The summed E-state index contributed by atoms with van der Waals surface area (Å²) in [7, 11) is -3.66. The van der Waals surface area contributed by atoms with Crippen molar-refractivity contribution in [1.29, 1.82) is 0 Å². The van der Waals surface area contributed by atoms with Crippen LogP contribution >= 0.6 is 0 Å². The zero-order chi connectivity index (χ0) is 23.0. The molecule has 32 heavy (non-hydrogen) atoms. The van der Waals surface area contributed by atoms with Gasteiger partial charge in [-0.2, -0.15) is 4.31 Å². The number of hydrogen-bond acceptors (Lipinski definition) is 5. The van der Waals surface area contributed by atoms with E-state index < -0.39 is 10.0 Å². The first kappa shape index (κ1) is 23.1. The van der Waals surface area contributed by atoms with Gasteiger partial charge in [0.15, 0.2) is 0 Å². The number of aryl methyl sites for hydroxylation is 1. The molecule has 0 bridgehead atoms. The molecule has 0 spiro atoms. The van der Waals surface area contributed by atoms with E-state index >= 15 is 0 Å². The van der Waals surface area contributed by atoms with Crippen molar-refractivity contribution in [2.75, 3.05) is 39.3 Å². The molecular formula is C24H34N4O3S. The molecule has 1 aromatic heterocycles. The monoisotopic (exact) mass is 458 g/mol. The van der Waals surface area contributed by atoms with E-state index in [0.29, 0.717) is 43.5 Å². The molecule has 2 aliphatic rings. The smallest absolute Gasteiger partial charge is 0.245 e. The third kappa shape index (κ3) is 4.54. The molecule has 2 fully saturated rings. The van der Waals surface area contributed by atoms with Crippen molar-refractivity contribution < 1.29 is 13.2 Å². The quantitative estimate of drug-likeness (QED) is 0.704. The normalized spacial score (nSPS) is 24.6. The minimum atomic E-state index is -3.66. The first-order valence-corrected chi connectivity index (χ1v) is 13.0. The highest BCUT2D eigenvalue weighted by molar-refractivity contribution is 7.89. The Morgan fingerprint density at radius 1 is 1.09 bits per heavy atom. The summed E-state index contributed by atoms with van der Waals surface area (Å²) < 4.78 is 28.3. The number of piperazine rings is 1. The summed E-state index contributed by atoms with van der Waals surface area (Å²) in [4.78, 5) is 21.9. The fraction of sp³-hybridized carbons (Fsp3) is 0.583. The number of sulfonamides is 1. The average molecular weight is 459 g/mol. The molecule has 3 atom stereocenters. The Balaban J connectivity index is 1.45. The highest BCUT2D eigenvalue weighted by Crippen LogP contribution is 2.26. The molecule has 1 aromatic carbocycles. The number of pyridine rings is 1. The summed E-state index contributed by atoms with van der Waals surface area (Å²) in [5.74, 6) is 1.21. The summed E-state index contributed by atoms with van der Waals surface area (Å²) in [6.45, 7) is 11.8. The van der Waals surface area contributed by atoms with E-state index in [1.165, 1.54) is 4.31 Å².